The maximum atomic E-state index is 14.7. The molecule has 3 N–H and O–H groups in total. The van der Waals surface area contributed by atoms with E-state index >= 15 is 0 Å². The number of para-hydroxylation sites is 1. The molecule has 0 atom stereocenters. The van der Waals surface area contributed by atoms with Gasteiger partial charge in [-0.05, 0) is 12.1 Å². The van der Waals surface area contributed by atoms with Crippen LogP contribution in [0.3, 0.4) is 0 Å². The largest absolute Gasteiger partial charge is 0.357 e. The average molecular weight is 489 g/mol. The first-order valence-corrected chi connectivity index (χ1v) is 11.2. The Morgan fingerprint density at radius 2 is 1.86 bits per heavy atom. The monoisotopic (exact) mass is 489 g/mol. The van der Waals surface area contributed by atoms with Gasteiger partial charge in [-0.1, -0.05) is 23.4 Å². The Kier molecular flexibility index (Phi) is 5.26. The lowest BCUT2D eigenvalue weighted by atomic mass is 10.1. The summed E-state index contributed by atoms with van der Waals surface area (Å²) < 4.78 is 16.1. The molecule has 0 aliphatic carbocycles. The number of nitrogens with zero attached hydrogens (tertiary/aromatic N) is 8. The molecule has 1 aromatic carbocycles. The Morgan fingerprint density at radius 1 is 1.06 bits per heavy atom. The van der Waals surface area contributed by atoms with Gasteiger partial charge >= 0.3 is 0 Å². The predicted octanol–water partition coefficient (Wildman–Crippen LogP) is 0.410. The van der Waals surface area contributed by atoms with Crippen molar-refractivity contribution in [2.45, 2.75) is 0 Å². The van der Waals surface area contributed by atoms with Crippen LogP contribution in [0, 0.1) is 5.82 Å². The molecule has 5 heterocycles. The number of fused-ring (bicyclic) bond motifs is 1. The van der Waals surface area contributed by atoms with E-state index in [1.807, 2.05) is 35.2 Å². The summed E-state index contributed by atoms with van der Waals surface area (Å²) in [5, 5.41) is 13.7. The lowest BCUT2D eigenvalue weighted by Crippen LogP contribution is -2.56. The highest BCUT2D eigenvalue weighted by Gasteiger charge is 2.33. The zero-order chi connectivity index (χ0) is 24.6. The topological polar surface area (TPSA) is 140 Å². The second kappa shape index (κ2) is 8.74. The second-order valence-corrected chi connectivity index (χ2v) is 8.14. The van der Waals surface area contributed by atoms with Gasteiger partial charge in [-0.25, -0.2) is 24.6 Å². The third kappa shape index (κ3) is 3.60. The molecule has 13 nitrogen and oxygen atoms in total. The number of ketones is 1. The number of pyridine rings is 1. The molecule has 2 aliphatic heterocycles. The van der Waals surface area contributed by atoms with Crippen molar-refractivity contribution in [2.75, 3.05) is 31.2 Å². The van der Waals surface area contributed by atoms with Gasteiger partial charge in [0.25, 0.3) is 11.7 Å². The minimum atomic E-state index is -0.795. The van der Waals surface area contributed by atoms with Gasteiger partial charge < -0.3 is 14.8 Å². The van der Waals surface area contributed by atoms with Crippen LogP contribution < -0.4 is 16.1 Å². The molecule has 4 aromatic rings. The van der Waals surface area contributed by atoms with Crippen LogP contribution in [0.15, 0.2) is 60.2 Å². The van der Waals surface area contributed by atoms with E-state index in [0.29, 0.717) is 32.1 Å². The van der Waals surface area contributed by atoms with Gasteiger partial charge in [-0.15, -0.1) is 15.7 Å². The summed E-state index contributed by atoms with van der Waals surface area (Å²) in [6, 6.07) is 9.66. The number of aromatic nitrogens is 5. The van der Waals surface area contributed by atoms with Crippen molar-refractivity contribution >= 4 is 34.2 Å². The van der Waals surface area contributed by atoms with E-state index < -0.39 is 17.5 Å². The molecule has 14 heteroatoms. The third-order valence-electron chi connectivity index (χ3n) is 6.10. The number of amides is 1. The molecule has 1 saturated heterocycles. The smallest absolute Gasteiger partial charge is 0.295 e. The van der Waals surface area contributed by atoms with Crippen LogP contribution in [0.4, 0.5) is 10.1 Å². The van der Waals surface area contributed by atoms with Crippen molar-refractivity contribution in [3.63, 3.8) is 0 Å². The molecule has 0 radical (unpaired) electrons. The Balaban J connectivity index is 1.18. The number of rotatable bonds is 4. The fourth-order valence-electron chi connectivity index (χ4n) is 4.33. The van der Waals surface area contributed by atoms with E-state index in [1.165, 1.54) is 22.0 Å². The Bertz CT molecular complexity index is 1460. The zero-order valence-corrected chi connectivity index (χ0v) is 18.8. The number of aromatic amines is 1. The standard InChI is InChI=1S/C22H20FN11O2/c23-16-13-25-20(33-7-6-26-29-33)18-17(16)15(12-24-18)19(35)21(36)31-8-10-32(11-9-31)22-27-28-30-34(22)14-4-2-1-3-5-14/h1-7,12-13,24,28,30H,8-11H2. The fourth-order valence-corrected chi connectivity index (χ4v) is 4.33. The molecule has 1 fully saturated rings. The summed E-state index contributed by atoms with van der Waals surface area (Å²) in [5.74, 6) is -1.27. The van der Waals surface area contributed by atoms with Crippen molar-refractivity contribution < 1.29 is 14.0 Å². The molecule has 1 amide bonds. The van der Waals surface area contributed by atoms with Crippen molar-refractivity contribution in [3.8, 4) is 5.82 Å². The highest BCUT2D eigenvalue weighted by atomic mass is 19.1. The number of Topliss-reactive ketones (excluding diaryl/α,β-unsaturated/α-hetero) is 1. The number of nitrogens with one attached hydrogen (secondary N) is 3. The lowest BCUT2D eigenvalue weighted by molar-refractivity contribution is -0.127. The van der Waals surface area contributed by atoms with E-state index in [4.69, 9.17) is 0 Å². The first kappa shape index (κ1) is 21.7. The minimum absolute atomic E-state index is 0.0107. The van der Waals surface area contributed by atoms with Crippen molar-refractivity contribution in [3.05, 3.63) is 66.5 Å². The van der Waals surface area contributed by atoms with E-state index in [-0.39, 0.29) is 22.3 Å². The number of anilines is 1. The van der Waals surface area contributed by atoms with Crippen LogP contribution in [0.25, 0.3) is 16.7 Å². The number of benzene rings is 1. The number of carbonyl (C=O) groups is 2. The lowest BCUT2D eigenvalue weighted by Gasteiger charge is -2.37. The maximum Gasteiger partial charge on any atom is 0.295 e. The molecular weight excluding hydrogens is 469 g/mol. The number of carbonyl (C=O) groups excluding carboxylic acids is 2. The second-order valence-electron chi connectivity index (χ2n) is 8.14. The number of H-pyrrole nitrogens is 1. The Labute approximate surface area is 203 Å². The third-order valence-corrected chi connectivity index (χ3v) is 6.10. The van der Waals surface area contributed by atoms with Crippen LogP contribution in [-0.4, -0.2) is 78.6 Å². The molecule has 36 heavy (non-hydrogen) atoms. The molecule has 0 spiro atoms. The van der Waals surface area contributed by atoms with E-state index in [9.17, 15) is 14.0 Å². The van der Waals surface area contributed by atoms with Crippen LogP contribution in [0.1, 0.15) is 10.4 Å². The Hall–Kier alpha value is -4.85. The van der Waals surface area contributed by atoms with Crippen LogP contribution in [0.2, 0.25) is 0 Å². The summed E-state index contributed by atoms with van der Waals surface area (Å²) in [6.45, 7) is 1.55. The van der Waals surface area contributed by atoms with Crippen LogP contribution in [0.5, 0.6) is 0 Å². The molecule has 182 valence electrons. The summed E-state index contributed by atoms with van der Waals surface area (Å²) >= 11 is 0. The molecule has 0 unspecified atom stereocenters. The summed E-state index contributed by atoms with van der Waals surface area (Å²) in [5.41, 5.74) is 6.83. The predicted molar refractivity (Wildman–Crippen MR) is 126 cm³/mol. The van der Waals surface area contributed by atoms with Gasteiger partial charge in [0.1, 0.15) is 0 Å². The van der Waals surface area contributed by atoms with Crippen LogP contribution >= 0.6 is 0 Å². The number of hydrazine groups is 2. The van der Waals surface area contributed by atoms with Crippen molar-refractivity contribution in [1.29, 1.82) is 0 Å². The van der Waals surface area contributed by atoms with Gasteiger partial charge in [0.05, 0.1) is 40.7 Å². The number of hydrogen-bond donors (Lipinski definition) is 3. The Morgan fingerprint density at radius 3 is 2.61 bits per heavy atom. The van der Waals surface area contributed by atoms with Crippen molar-refractivity contribution in [1.82, 2.24) is 45.8 Å². The number of piperazine rings is 1. The van der Waals surface area contributed by atoms with Gasteiger partial charge in [-0.3, -0.25) is 9.59 Å². The maximum absolute atomic E-state index is 14.7. The zero-order valence-electron chi connectivity index (χ0n) is 18.8. The van der Waals surface area contributed by atoms with E-state index in [0.717, 1.165) is 11.9 Å². The molecule has 6 rings (SSSR count). The van der Waals surface area contributed by atoms with Crippen LogP contribution in [-0.2, 0) is 4.79 Å². The first-order valence-electron chi connectivity index (χ1n) is 11.2. The van der Waals surface area contributed by atoms with Crippen molar-refractivity contribution in [2.24, 2.45) is 5.10 Å². The molecule has 2 aliphatic rings. The SMILES string of the molecule is O=C(C(=O)N1CCN(C2=NNNN2c2ccccc2)CC1)c1c[nH]c2c(-n3ccnn3)ncc(F)c12. The summed E-state index contributed by atoms with van der Waals surface area (Å²) in [6.07, 6.45) is 5.33. The quantitative estimate of drug-likeness (QED) is 0.275. The van der Waals surface area contributed by atoms with Gasteiger partial charge in [-0.2, -0.15) is 0 Å². The highest BCUT2D eigenvalue weighted by Crippen LogP contribution is 2.26. The van der Waals surface area contributed by atoms with E-state index in [2.05, 4.69) is 36.5 Å². The molecule has 3 aromatic heterocycles. The first-order chi connectivity index (χ1) is 17.6. The normalized spacial score (nSPS) is 15.8. The number of guanidine groups is 1. The average Bonchev–Trinajstić information content (AvgIpc) is 3.70. The number of hydrazone groups is 1. The molecular formula is C22H20FN11O2. The fraction of sp³-hybridized carbons (Fsp3) is 0.182. The summed E-state index contributed by atoms with van der Waals surface area (Å²) in [7, 11) is 0. The minimum Gasteiger partial charge on any atom is -0.357 e. The van der Waals surface area contributed by atoms with Gasteiger partial charge in [0.15, 0.2) is 11.6 Å². The number of hydrogen-bond acceptors (Lipinski definition) is 10. The van der Waals surface area contributed by atoms with Gasteiger partial charge in [0.2, 0.25) is 5.96 Å². The molecule has 0 bridgehead atoms. The van der Waals surface area contributed by atoms with E-state index in [1.54, 1.807) is 11.2 Å². The number of halogens is 1. The summed E-state index contributed by atoms with van der Waals surface area (Å²) in [4.78, 5) is 36.6. The van der Waals surface area contributed by atoms with Gasteiger partial charge in [0, 0.05) is 32.4 Å². The molecule has 0 saturated carbocycles. The highest BCUT2D eigenvalue weighted by molar-refractivity contribution is 6.45.